The van der Waals surface area contributed by atoms with E-state index in [0.29, 0.717) is 46.6 Å². The molecule has 168 valence electrons. The first kappa shape index (κ1) is 21.4. The van der Waals surface area contributed by atoms with Crippen LogP contribution in [0.3, 0.4) is 0 Å². The van der Waals surface area contributed by atoms with E-state index in [1.54, 1.807) is 32.4 Å². The van der Waals surface area contributed by atoms with Crippen molar-refractivity contribution in [3.63, 3.8) is 0 Å². The van der Waals surface area contributed by atoms with Crippen LogP contribution in [0.4, 0.5) is 10.5 Å². The fraction of sp³-hybridized carbons (Fsp3) is 0.391. The number of halogens is 2. The van der Waals surface area contributed by atoms with Crippen molar-refractivity contribution in [2.75, 3.05) is 32.2 Å². The average Bonchev–Trinajstić information content (AvgIpc) is 3.03. The van der Waals surface area contributed by atoms with Gasteiger partial charge in [-0.05, 0) is 60.7 Å². The number of benzene rings is 2. The van der Waals surface area contributed by atoms with Crippen molar-refractivity contribution in [1.82, 2.24) is 10.2 Å². The third kappa shape index (κ3) is 3.22. The molecule has 2 aromatic carbocycles. The summed E-state index contributed by atoms with van der Waals surface area (Å²) in [7, 11) is 3.24. The SMILES string of the molecule is COc1cc2c(cc1OC)[C@H]1C[C@]3(CCN1CC2)NC(=O)N(c1ccc(Cl)c(Cl)c1)C3=O. The molecule has 2 aromatic rings. The van der Waals surface area contributed by atoms with Gasteiger partial charge in [-0.3, -0.25) is 9.69 Å². The van der Waals surface area contributed by atoms with Gasteiger partial charge in [0.1, 0.15) is 5.54 Å². The summed E-state index contributed by atoms with van der Waals surface area (Å²) < 4.78 is 11.0. The second-order valence-corrected chi connectivity index (χ2v) is 9.23. The van der Waals surface area contributed by atoms with Gasteiger partial charge in [0.25, 0.3) is 5.91 Å². The summed E-state index contributed by atoms with van der Waals surface area (Å²) in [5.41, 5.74) is 1.74. The predicted octanol–water partition coefficient (Wildman–Crippen LogP) is 4.20. The molecule has 0 unspecified atom stereocenters. The summed E-state index contributed by atoms with van der Waals surface area (Å²) in [5, 5.41) is 3.66. The Bertz CT molecular complexity index is 1120. The number of hydrogen-bond donors (Lipinski definition) is 1. The molecule has 2 fully saturated rings. The number of carbonyl (C=O) groups is 2. The van der Waals surface area contributed by atoms with Crippen molar-refractivity contribution in [3.8, 4) is 11.5 Å². The van der Waals surface area contributed by atoms with Gasteiger partial charge < -0.3 is 14.8 Å². The molecule has 2 saturated heterocycles. The molecular formula is C23H23Cl2N3O4. The number of urea groups is 1. The van der Waals surface area contributed by atoms with Crippen molar-refractivity contribution < 1.29 is 19.1 Å². The molecule has 0 aliphatic carbocycles. The number of ether oxygens (including phenoxy) is 2. The van der Waals surface area contributed by atoms with Crippen molar-refractivity contribution in [1.29, 1.82) is 0 Å². The molecule has 1 spiro atoms. The lowest BCUT2D eigenvalue weighted by Gasteiger charge is -2.46. The minimum atomic E-state index is -0.966. The third-order valence-electron chi connectivity index (χ3n) is 6.80. The maximum atomic E-state index is 13.6. The molecule has 0 saturated carbocycles. The number of methoxy groups -OCH3 is 2. The van der Waals surface area contributed by atoms with Crippen LogP contribution in [0.5, 0.6) is 11.5 Å². The summed E-state index contributed by atoms with van der Waals surface area (Å²) in [6.07, 6.45) is 1.93. The Morgan fingerprint density at radius 3 is 2.50 bits per heavy atom. The van der Waals surface area contributed by atoms with Crippen LogP contribution in [-0.2, 0) is 11.2 Å². The van der Waals surface area contributed by atoms with Crippen molar-refractivity contribution in [2.45, 2.75) is 30.8 Å². The van der Waals surface area contributed by atoms with E-state index in [0.717, 1.165) is 18.5 Å². The number of fused-ring (bicyclic) bond motifs is 3. The zero-order valence-electron chi connectivity index (χ0n) is 17.8. The number of hydrogen-bond acceptors (Lipinski definition) is 5. The lowest BCUT2D eigenvalue weighted by Crippen LogP contribution is -2.57. The number of anilines is 1. The maximum absolute atomic E-state index is 13.6. The van der Waals surface area contributed by atoms with E-state index in [-0.39, 0.29) is 11.9 Å². The van der Waals surface area contributed by atoms with Gasteiger partial charge in [-0.25, -0.2) is 9.69 Å². The maximum Gasteiger partial charge on any atom is 0.329 e. The van der Waals surface area contributed by atoms with Crippen LogP contribution in [0.2, 0.25) is 10.0 Å². The number of nitrogens with zero attached hydrogens (tertiary/aromatic N) is 2. The molecule has 0 radical (unpaired) electrons. The largest absolute Gasteiger partial charge is 0.493 e. The van der Waals surface area contributed by atoms with E-state index in [9.17, 15) is 9.59 Å². The van der Waals surface area contributed by atoms with Crippen LogP contribution in [0.15, 0.2) is 30.3 Å². The molecule has 0 bridgehead atoms. The standard InChI is InChI=1S/C23H23Cl2N3O4/c1-31-19-9-13-5-7-27-8-6-23(12-18(27)15(13)11-20(19)32-2)21(29)28(22(30)26-23)14-3-4-16(24)17(25)10-14/h3-4,9-11,18H,5-8,12H2,1-2H3,(H,26,30)/t18-,23+/m1/s1. The Kier molecular flexibility index (Phi) is 5.23. The average molecular weight is 476 g/mol. The Morgan fingerprint density at radius 1 is 1.03 bits per heavy atom. The quantitative estimate of drug-likeness (QED) is 0.673. The van der Waals surface area contributed by atoms with Gasteiger partial charge in [0.15, 0.2) is 11.5 Å². The molecule has 3 heterocycles. The summed E-state index contributed by atoms with van der Waals surface area (Å²) >= 11 is 12.1. The number of rotatable bonds is 3. The predicted molar refractivity (Wildman–Crippen MR) is 122 cm³/mol. The number of piperidine rings is 1. The van der Waals surface area contributed by atoms with Crippen molar-refractivity contribution in [2.24, 2.45) is 0 Å². The van der Waals surface area contributed by atoms with Gasteiger partial charge in [0.05, 0.1) is 30.0 Å². The number of nitrogens with one attached hydrogen (secondary N) is 1. The van der Waals surface area contributed by atoms with Gasteiger partial charge >= 0.3 is 6.03 Å². The van der Waals surface area contributed by atoms with E-state index in [4.69, 9.17) is 32.7 Å². The molecule has 5 rings (SSSR count). The smallest absolute Gasteiger partial charge is 0.329 e. The normalized spacial score (nSPS) is 24.9. The van der Waals surface area contributed by atoms with Crippen molar-refractivity contribution >= 4 is 40.8 Å². The molecule has 3 amide bonds. The fourth-order valence-electron chi connectivity index (χ4n) is 5.14. The first-order valence-corrected chi connectivity index (χ1v) is 11.2. The van der Waals surface area contributed by atoms with Gasteiger partial charge in [0.2, 0.25) is 0 Å². The Hall–Kier alpha value is -2.48. The molecule has 0 aromatic heterocycles. The molecule has 1 N–H and O–H groups in total. The van der Waals surface area contributed by atoms with E-state index >= 15 is 0 Å². The van der Waals surface area contributed by atoms with E-state index in [2.05, 4.69) is 10.2 Å². The Morgan fingerprint density at radius 2 is 1.78 bits per heavy atom. The highest BCUT2D eigenvalue weighted by molar-refractivity contribution is 6.42. The highest BCUT2D eigenvalue weighted by Crippen LogP contribution is 2.46. The highest BCUT2D eigenvalue weighted by atomic mass is 35.5. The molecule has 2 atom stereocenters. The van der Waals surface area contributed by atoms with E-state index in [1.807, 2.05) is 12.1 Å². The molecule has 9 heteroatoms. The Labute approximate surface area is 196 Å². The van der Waals surface area contributed by atoms with Gasteiger partial charge in [-0.1, -0.05) is 23.2 Å². The van der Waals surface area contributed by atoms with Crippen LogP contribution in [-0.4, -0.2) is 49.7 Å². The van der Waals surface area contributed by atoms with E-state index in [1.165, 1.54) is 10.5 Å². The Balaban J connectivity index is 1.50. The summed E-state index contributed by atoms with van der Waals surface area (Å²) in [6, 6.07) is 8.33. The van der Waals surface area contributed by atoms with Crippen LogP contribution in [0, 0.1) is 0 Å². The fourth-order valence-corrected chi connectivity index (χ4v) is 5.43. The molecule has 3 aliphatic rings. The first-order valence-electron chi connectivity index (χ1n) is 10.5. The van der Waals surface area contributed by atoms with Crippen LogP contribution in [0.25, 0.3) is 0 Å². The third-order valence-corrected chi connectivity index (χ3v) is 7.54. The first-order chi connectivity index (χ1) is 15.4. The van der Waals surface area contributed by atoms with E-state index < -0.39 is 11.6 Å². The monoisotopic (exact) mass is 475 g/mol. The van der Waals surface area contributed by atoms with Crippen LogP contribution >= 0.6 is 23.2 Å². The lowest BCUT2D eigenvalue weighted by atomic mass is 9.77. The number of amides is 3. The summed E-state index contributed by atoms with van der Waals surface area (Å²) in [6.45, 7) is 1.60. The molecule has 3 aliphatic heterocycles. The van der Waals surface area contributed by atoms with Gasteiger partial charge in [0, 0.05) is 19.1 Å². The van der Waals surface area contributed by atoms with Gasteiger partial charge in [-0.2, -0.15) is 0 Å². The summed E-state index contributed by atoms with van der Waals surface area (Å²) in [5.74, 6) is 1.10. The topological polar surface area (TPSA) is 71.1 Å². The summed E-state index contributed by atoms with van der Waals surface area (Å²) in [4.78, 5) is 30.1. The molecule has 7 nitrogen and oxygen atoms in total. The minimum Gasteiger partial charge on any atom is -0.493 e. The number of imide groups is 1. The zero-order valence-corrected chi connectivity index (χ0v) is 19.3. The van der Waals surface area contributed by atoms with Gasteiger partial charge in [-0.15, -0.1) is 0 Å². The lowest BCUT2D eigenvalue weighted by molar-refractivity contribution is -0.124. The minimum absolute atomic E-state index is 0.00897. The van der Waals surface area contributed by atoms with Crippen LogP contribution in [0.1, 0.15) is 30.0 Å². The second-order valence-electron chi connectivity index (χ2n) is 8.41. The molecular weight excluding hydrogens is 453 g/mol. The second kappa shape index (κ2) is 7.83. The van der Waals surface area contributed by atoms with Crippen LogP contribution < -0.4 is 19.7 Å². The molecule has 32 heavy (non-hydrogen) atoms. The zero-order chi connectivity index (χ0) is 22.6. The van der Waals surface area contributed by atoms with Crippen molar-refractivity contribution in [3.05, 3.63) is 51.5 Å². The number of carbonyl (C=O) groups excluding carboxylic acids is 2. The highest BCUT2D eigenvalue weighted by Gasteiger charge is 2.55.